The summed E-state index contributed by atoms with van der Waals surface area (Å²) in [6, 6.07) is 3.90. The fraction of sp³-hybridized carbons (Fsp3) is 0.533. The van der Waals surface area contributed by atoms with Crippen LogP contribution in [0.1, 0.15) is 19.3 Å². The molecule has 0 saturated carbocycles. The van der Waals surface area contributed by atoms with Gasteiger partial charge in [0.25, 0.3) is 0 Å². The summed E-state index contributed by atoms with van der Waals surface area (Å²) in [5.41, 5.74) is 6.28. The van der Waals surface area contributed by atoms with Crippen LogP contribution >= 0.6 is 0 Å². The molecule has 0 bridgehead atoms. The number of hydrogen-bond donors (Lipinski definition) is 2. The van der Waals surface area contributed by atoms with Crippen molar-refractivity contribution in [1.29, 1.82) is 0 Å². The van der Waals surface area contributed by atoms with Crippen LogP contribution in [0.2, 0.25) is 0 Å². The predicted molar refractivity (Wildman–Crippen MR) is 78.4 cm³/mol. The number of rotatable bonds is 7. The molecule has 1 heterocycles. The summed E-state index contributed by atoms with van der Waals surface area (Å²) in [6.45, 7) is 2.81. The number of anilines is 2. The molecular formula is C15H21FN2O3. The summed E-state index contributed by atoms with van der Waals surface area (Å²) in [4.78, 5) is 11.7. The summed E-state index contributed by atoms with van der Waals surface area (Å²) in [7, 11) is 0. The van der Waals surface area contributed by atoms with Gasteiger partial charge in [-0.25, -0.2) is 4.39 Å². The second-order valence-electron chi connectivity index (χ2n) is 5.19. The first-order valence-corrected chi connectivity index (χ1v) is 7.15. The van der Waals surface area contributed by atoms with Gasteiger partial charge in [-0.1, -0.05) is 0 Å². The Morgan fingerprint density at radius 1 is 1.52 bits per heavy atom. The fourth-order valence-corrected chi connectivity index (χ4v) is 2.16. The predicted octanol–water partition coefficient (Wildman–Crippen LogP) is 2.18. The van der Waals surface area contributed by atoms with E-state index in [1.165, 1.54) is 18.2 Å². The number of hydrogen-bond acceptors (Lipinski definition) is 4. The van der Waals surface area contributed by atoms with Gasteiger partial charge in [0.1, 0.15) is 5.82 Å². The molecule has 116 valence electrons. The normalized spacial score (nSPS) is 17.9. The van der Waals surface area contributed by atoms with Gasteiger partial charge in [-0.3, -0.25) is 4.79 Å². The van der Waals surface area contributed by atoms with Gasteiger partial charge in [0.2, 0.25) is 5.91 Å². The average Bonchev–Trinajstić information content (AvgIpc) is 2.95. The Kier molecular flexibility index (Phi) is 5.95. The van der Waals surface area contributed by atoms with Crippen LogP contribution in [0, 0.1) is 11.7 Å². The summed E-state index contributed by atoms with van der Waals surface area (Å²) in [6.07, 6.45) is 2.03. The maximum absolute atomic E-state index is 12.9. The SMILES string of the molecule is Nc1cc(F)ccc1NC(=O)CCCOCC1CCOC1. The van der Waals surface area contributed by atoms with Crippen molar-refractivity contribution in [3.63, 3.8) is 0 Å². The zero-order valence-electron chi connectivity index (χ0n) is 11.9. The van der Waals surface area contributed by atoms with Gasteiger partial charge in [-0.2, -0.15) is 0 Å². The van der Waals surface area contributed by atoms with E-state index in [-0.39, 0.29) is 11.6 Å². The minimum atomic E-state index is -0.421. The number of benzene rings is 1. The van der Waals surface area contributed by atoms with E-state index in [2.05, 4.69) is 5.32 Å². The van der Waals surface area contributed by atoms with E-state index in [1.807, 2.05) is 0 Å². The van der Waals surface area contributed by atoms with E-state index < -0.39 is 5.82 Å². The molecule has 1 aliphatic rings. The van der Waals surface area contributed by atoms with Gasteiger partial charge in [0.05, 0.1) is 24.6 Å². The Morgan fingerprint density at radius 2 is 2.38 bits per heavy atom. The van der Waals surface area contributed by atoms with Crippen LogP contribution in [-0.4, -0.2) is 32.3 Å². The lowest BCUT2D eigenvalue weighted by molar-refractivity contribution is -0.116. The Morgan fingerprint density at radius 3 is 3.10 bits per heavy atom. The smallest absolute Gasteiger partial charge is 0.224 e. The highest BCUT2D eigenvalue weighted by molar-refractivity contribution is 5.93. The molecule has 1 fully saturated rings. The van der Waals surface area contributed by atoms with Crippen molar-refractivity contribution in [2.45, 2.75) is 19.3 Å². The summed E-state index contributed by atoms with van der Waals surface area (Å²) in [5, 5.41) is 2.66. The third-order valence-corrected chi connectivity index (χ3v) is 3.36. The lowest BCUT2D eigenvalue weighted by atomic mass is 10.1. The number of amides is 1. The second kappa shape index (κ2) is 7.95. The lowest BCUT2D eigenvalue weighted by Gasteiger charge is -2.10. The molecule has 1 atom stereocenters. The number of nitrogens with one attached hydrogen (secondary N) is 1. The zero-order valence-corrected chi connectivity index (χ0v) is 11.9. The van der Waals surface area contributed by atoms with E-state index in [0.717, 1.165) is 19.6 Å². The quantitative estimate of drug-likeness (QED) is 0.597. The average molecular weight is 296 g/mol. The van der Waals surface area contributed by atoms with Crippen LogP contribution in [0.15, 0.2) is 18.2 Å². The molecule has 1 saturated heterocycles. The number of nitrogens with two attached hydrogens (primary N) is 1. The molecule has 1 aromatic carbocycles. The van der Waals surface area contributed by atoms with Crippen LogP contribution in [0.4, 0.5) is 15.8 Å². The molecule has 0 aromatic heterocycles. The number of halogens is 1. The van der Waals surface area contributed by atoms with Crippen LogP contribution in [0.5, 0.6) is 0 Å². The van der Waals surface area contributed by atoms with E-state index >= 15 is 0 Å². The Balaban J connectivity index is 1.60. The Labute approximate surface area is 123 Å². The number of carbonyl (C=O) groups is 1. The largest absolute Gasteiger partial charge is 0.397 e. The highest BCUT2D eigenvalue weighted by atomic mass is 19.1. The molecule has 1 aliphatic heterocycles. The second-order valence-corrected chi connectivity index (χ2v) is 5.19. The standard InChI is InChI=1S/C15H21FN2O3/c16-12-3-4-14(13(17)8-12)18-15(19)2-1-6-20-9-11-5-7-21-10-11/h3-4,8,11H,1-2,5-7,9-10,17H2,(H,18,19). The minimum Gasteiger partial charge on any atom is -0.397 e. The molecule has 6 heteroatoms. The highest BCUT2D eigenvalue weighted by Crippen LogP contribution is 2.19. The van der Waals surface area contributed by atoms with E-state index in [1.54, 1.807) is 0 Å². The van der Waals surface area contributed by atoms with Gasteiger partial charge in [0, 0.05) is 25.6 Å². The van der Waals surface area contributed by atoms with Crippen LogP contribution in [-0.2, 0) is 14.3 Å². The van der Waals surface area contributed by atoms with E-state index in [9.17, 15) is 9.18 Å². The third-order valence-electron chi connectivity index (χ3n) is 3.36. The first kappa shape index (κ1) is 15.7. The molecule has 5 nitrogen and oxygen atoms in total. The molecular weight excluding hydrogens is 275 g/mol. The van der Waals surface area contributed by atoms with Crippen molar-refractivity contribution in [1.82, 2.24) is 0 Å². The molecule has 2 rings (SSSR count). The summed E-state index contributed by atoms with van der Waals surface area (Å²) < 4.78 is 23.7. The lowest BCUT2D eigenvalue weighted by Crippen LogP contribution is -2.15. The first-order valence-electron chi connectivity index (χ1n) is 7.15. The van der Waals surface area contributed by atoms with Crippen LogP contribution in [0.25, 0.3) is 0 Å². The Hall–Kier alpha value is -1.66. The highest BCUT2D eigenvalue weighted by Gasteiger charge is 2.15. The van der Waals surface area contributed by atoms with Crippen molar-refractivity contribution in [3.8, 4) is 0 Å². The zero-order chi connectivity index (χ0) is 15.1. The monoisotopic (exact) mass is 296 g/mol. The summed E-state index contributed by atoms with van der Waals surface area (Å²) in [5.74, 6) is -0.0891. The molecule has 1 unspecified atom stereocenters. The van der Waals surface area contributed by atoms with Crippen LogP contribution < -0.4 is 11.1 Å². The Bertz CT molecular complexity index is 476. The first-order chi connectivity index (χ1) is 10.1. The van der Waals surface area contributed by atoms with E-state index in [0.29, 0.717) is 37.7 Å². The molecule has 0 aliphatic carbocycles. The van der Waals surface area contributed by atoms with Gasteiger partial charge >= 0.3 is 0 Å². The topological polar surface area (TPSA) is 73.6 Å². The molecule has 3 N–H and O–H groups in total. The van der Waals surface area contributed by atoms with Gasteiger partial charge in [-0.05, 0) is 31.0 Å². The molecule has 0 radical (unpaired) electrons. The molecule has 1 amide bonds. The molecule has 21 heavy (non-hydrogen) atoms. The van der Waals surface area contributed by atoms with Crippen molar-refractivity contribution < 1.29 is 18.7 Å². The maximum atomic E-state index is 12.9. The summed E-state index contributed by atoms with van der Waals surface area (Å²) >= 11 is 0. The molecule has 0 spiro atoms. The van der Waals surface area contributed by atoms with Crippen molar-refractivity contribution in [3.05, 3.63) is 24.0 Å². The van der Waals surface area contributed by atoms with Gasteiger partial charge < -0.3 is 20.5 Å². The van der Waals surface area contributed by atoms with Gasteiger partial charge in [-0.15, -0.1) is 0 Å². The fourth-order valence-electron chi connectivity index (χ4n) is 2.16. The van der Waals surface area contributed by atoms with Gasteiger partial charge in [0.15, 0.2) is 0 Å². The minimum absolute atomic E-state index is 0.152. The van der Waals surface area contributed by atoms with Crippen molar-refractivity contribution >= 4 is 17.3 Å². The van der Waals surface area contributed by atoms with E-state index in [4.69, 9.17) is 15.2 Å². The maximum Gasteiger partial charge on any atom is 0.224 e. The van der Waals surface area contributed by atoms with Crippen molar-refractivity contribution in [2.75, 3.05) is 37.5 Å². The third kappa shape index (κ3) is 5.32. The number of ether oxygens (including phenoxy) is 2. The van der Waals surface area contributed by atoms with Crippen LogP contribution in [0.3, 0.4) is 0 Å². The number of carbonyl (C=O) groups excluding carboxylic acids is 1. The van der Waals surface area contributed by atoms with Crippen molar-refractivity contribution in [2.24, 2.45) is 5.92 Å². The molecule has 1 aromatic rings. The number of nitrogen functional groups attached to an aromatic ring is 1.